The Morgan fingerprint density at radius 1 is 1.24 bits per heavy atom. The van der Waals surface area contributed by atoms with E-state index in [0.717, 1.165) is 11.6 Å². The van der Waals surface area contributed by atoms with Crippen molar-refractivity contribution < 1.29 is 11.5 Å². The molecular formula is C29H30F2N6O. The number of halogens is 2. The fraction of sp³-hybridized carbons (Fsp3) is 0.310. The highest BCUT2D eigenvalue weighted by Gasteiger charge is 2.28. The molecule has 0 amide bonds. The number of aryl methyl sites for hydroxylation is 1. The summed E-state index contributed by atoms with van der Waals surface area (Å²) in [6, 6.07) is 7.08. The Labute approximate surface area is 222 Å². The van der Waals surface area contributed by atoms with Crippen molar-refractivity contribution in [2.45, 2.75) is 39.7 Å². The van der Waals surface area contributed by atoms with E-state index in [0.29, 0.717) is 42.2 Å². The molecule has 0 saturated carbocycles. The van der Waals surface area contributed by atoms with E-state index in [1.165, 1.54) is 28.8 Å². The van der Waals surface area contributed by atoms with Gasteiger partial charge in [-0.2, -0.15) is 4.98 Å². The van der Waals surface area contributed by atoms with E-state index in [2.05, 4.69) is 20.3 Å². The third-order valence-corrected chi connectivity index (χ3v) is 6.94. The Hall–Kier alpha value is -3.98. The first-order valence-corrected chi connectivity index (χ1v) is 12.6. The van der Waals surface area contributed by atoms with E-state index >= 15 is 8.78 Å². The molecule has 0 bridgehead atoms. The minimum Gasteiger partial charge on any atom is -0.351 e. The Kier molecular flexibility index (Phi) is 6.13. The first-order chi connectivity index (χ1) is 19.1. The summed E-state index contributed by atoms with van der Waals surface area (Å²) in [5.41, 5.74) is 1.01. The molecule has 0 radical (unpaired) electrons. The number of nitrogens with one attached hydrogen (secondary N) is 1. The van der Waals surface area contributed by atoms with Gasteiger partial charge >= 0.3 is 5.69 Å². The molecule has 4 heterocycles. The van der Waals surface area contributed by atoms with Crippen LogP contribution in [0.25, 0.3) is 34.1 Å². The molecule has 0 aliphatic carbocycles. The highest BCUT2D eigenvalue weighted by molar-refractivity contribution is 5.91. The van der Waals surface area contributed by atoms with Gasteiger partial charge in [-0.25, -0.2) is 23.1 Å². The summed E-state index contributed by atoms with van der Waals surface area (Å²) in [7, 11) is 0. The number of fused-ring (bicyclic) bond motifs is 1. The minimum absolute atomic E-state index is 0.0235. The summed E-state index contributed by atoms with van der Waals surface area (Å²) in [6.45, 7) is 9.06. The number of aromatic nitrogens is 4. The van der Waals surface area contributed by atoms with Crippen LogP contribution in [0.15, 0.2) is 47.9 Å². The van der Waals surface area contributed by atoms with E-state index in [1.54, 1.807) is 12.3 Å². The van der Waals surface area contributed by atoms with Gasteiger partial charge in [-0.05, 0) is 49.1 Å². The molecular weight excluding hydrogens is 486 g/mol. The fourth-order valence-electron chi connectivity index (χ4n) is 5.05. The molecule has 0 unspecified atom stereocenters. The summed E-state index contributed by atoms with van der Waals surface area (Å²) < 4.78 is 47.7. The van der Waals surface area contributed by atoms with Crippen LogP contribution in [0.4, 0.5) is 14.6 Å². The molecule has 9 heteroatoms. The van der Waals surface area contributed by atoms with Gasteiger partial charge in [0.1, 0.15) is 17.3 Å². The average Bonchev–Trinajstić information content (AvgIpc) is 2.89. The maximum absolute atomic E-state index is 16.0. The van der Waals surface area contributed by atoms with Gasteiger partial charge in [0.15, 0.2) is 11.5 Å². The zero-order valence-corrected chi connectivity index (χ0v) is 21.7. The average molecular weight is 519 g/mol. The summed E-state index contributed by atoms with van der Waals surface area (Å²) in [5.74, 6) is -1.32. The van der Waals surface area contributed by atoms with Gasteiger partial charge in [0.05, 0.1) is 19.5 Å². The predicted molar refractivity (Wildman–Crippen MR) is 147 cm³/mol. The van der Waals surface area contributed by atoms with Crippen LogP contribution in [0.1, 0.15) is 46.3 Å². The van der Waals surface area contributed by atoms with Crippen LogP contribution in [-0.2, 0) is 0 Å². The monoisotopic (exact) mass is 518 g/mol. The third kappa shape index (κ3) is 4.26. The topological polar surface area (TPSA) is 75.9 Å². The quantitative estimate of drug-likeness (QED) is 0.401. The standard InChI is InChI=1S/C29H30F2N6O/c1-6-19-8-7-9-21(30)23(19)25-22(31)14-20-27(36-13-12-32-15-18(36)5)35-29(38)37(28(20)34-25)26-17(4)10-11-33-24(26)16(2)3/h6-11,14,16,18,32H,1,12-13,15H2,2-5H3/t18-/m0/s1/i1D2. The van der Waals surface area contributed by atoms with Crippen LogP contribution < -0.4 is 15.9 Å². The Morgan fingerprint density at radius 2 is 2.05 bits per heavy atom. The van der Waals surface area contributed by atoms with Gasteiger partial charge in [-0.3, -0.25) is 4.98 Å². The summed E-state index contributed by atoms with van der Waals surface area (Å²) >= 11 is 0. The Bertz CT molecular complexity index is 1700. The molecule has 0 spiro atoms. The molecule has 1 aromatic carbocycles. The molecule has 5 rings (SSSR count). The number of piperazine rings is 1. The minimum atomic E-state index is -0.813. The van der Waals surface area contributed by atoms with Gasteiger partial charge in [0, 0.05) is 37.4 Å². The molecule has 1 aliphatic rings. The van der Waals surface area contributed by atoms with Crippen molar-refractivity contribution >= 4 is 22.9 Å². The normalized spacial score (nSPS) is 16.5. The van der Waals surface area contributed by atoms with Crippen LogP contribution in [0.3, 0.4) is 0 Å². The molecule has 38 heavy (non-hydrogen) atoms. The van der Waals surface area contributed by atoms with E-state index in [1.807, 2.05) is 32.6 Å². The molecule has 3 aromatic heterocycles. The smallest absolute Gasteiger partial charge is 0.351 e. The van der Waals surface area contributed by atoms with E-state index < -0.39 is 23.9 Å². The fourth-order valence-corrected chi connectivity index (χ4v) is 5.05. The summed E-state index contributed by atoms with van der Waals surface area (Å²) in [5, 5.41) is 3.61. The maximum Gasteiger partial charge on any atom is 0.355 e. The lowest BCUT2D eigenvalue weighted by molar-refractivity contribution is 0.497. The maximum atomic E-state index is 16.0. The van der Waals surface area contributed by atoms with Gasteiger partial charge in [0.2, 0.25) is 0 Å². The van der Waals surface area contributed by atoms with Crippen LogP contribution in [-0.4, -0.2) is 45.2 Å². The van der Waals surface area contributed by atoms with E-state index in [9.17, 15) is 4.79 Å². The molecule has 196 valence electrons. The molecule has 7 nitrogen and oxygen atoms in total. The van der Waals surface area contributed by atoms with Crippen molar-refractivity contribution in [3.8, 4) is 16.9 Å². The highest BCUT2D eigenvalue weighted by Crippen LogP contribution is 2.35. The van der Waals surface area contributed by atoms with Gasteiger partial charge < -0.3 is 10.2 Å². The number of benzene rings is 1. The van der Waals surface area contributed by atoms with Gasteiger partial charge in [0.25, 0.3) is 0 Å². The summed E-state index contributed by atoms with van der Waals surface area (Å²) in [6.07, 6.45) is 2.79. The molecule has 1 aliphatic heterocycles. The Morgan fingerprint density at radius 3 is 2.79 bits per heavy atom. The molecule has 1 fully saturated rings. The lowest BCUT2D eigenvalue weighted by Crippen LogP contribution is -2.50. The SMILES string of the molecule is [2H]C([2H])=Cc1cccc(F)c1-c1nc2c(cc1F)c(N1CCNC[C@@H]1C)nc(=O)n2-c1c(C)ccnc1C(C)C. The zero-order valence-electron chi connectivity index (χ0n) is 23.7. The third-order valence-electron chi connectivity index (χ3n) is 6.94. The Balaban J connectivity index is 1.93. The number of hydrogen-bond acceptors (Lipinski definition) is 6. The van der Waals surface area contributed by atoms with E-state index in [4.69, 9.17) is 2.74 Å². The largest absolute Gasteiger partial charge is 0.355 e. The molecule has 1 saturated heterocycles. The van der Waals surface area contributed by atoms with Crippen LogP contribution in [0.5, 0.6) is 0 Å². The molecule has 4 aromatic rings. The van der Waals surface area contributed by atoms with Crippen LogP contribution in [0, 0.1) is 18.6 Å². The molecule has 1 N–H and O–H groups in total. The number of pyridine rings is 2. The first kappa shape index (κ1) is 23.2. The summed E-state index contributed by atoms with van der Waals surface area (Å²) in [4.78, 5) is 29.4. The number of hydrogen-bond donors (Lipinski definition) is 1. The highest BCUT2D eigenvalue weighted by atomic mass is 19.1. The van der Waals surface area contributed by atoms with Crippen molar-refractivity contribution in [2.75, 3.05) is 24.5 Å². The zero-order chi connectivity index (χ0) is 28.7. The van der Waals surface area contributed by atoms with Crippen molar-refractivity contribution in [3.63, 3.8) is 0 Å². The van der Waals surface area contributed by atoms with Crippen molar-refractivity contribution in [1.82, 2.24) is 24.8 Å². The van der Waals surface area contributed by atoms with Crippen molar-refractivity contribution in [3.05, 3.63) is 82.0 Å². The second-order valence-corrected chi connectivity index (χ2v) is 9.85. The van der Waals surface area contributed by atoms with Gasteiger partial charge in [-0.15, -0.1) is 0 Å². The number of nitrogens with zero attached hydrogens (tertiary/aromatic N) is 5. The molecule has 1 atom stereocenters. The lowest BCUT2D eigenvalue weighted by Gasteiger charge is -2.35. The van der Waals surface area contributed by atoms with Crippen LogP contribution >= 0.6 is 0 Å². The second kappa shape index (κ2) is 10.1. The second-order valence-electron chi connectivity index (χ2n) is 9.85. The van der Waals surface area contributed by atoms with Crippen molar-refractivity contribution in [1.29, 1.82) is 0 Å². The van der Waals surface area contributed by atoms with Gasteiger partial charge in [-0.1, -0.05) is 38.6 Å². The first-order valence-electron chi connectivity index (χ1n) is 13.6. The number of rotatable bonds is 5. The lowest BCUT2D eigenvalue weighted by atomic mass is 10.0. The number of anilines is 1. The predicted octanol–water partition coefficient (Wildman–Crippen LogP) is 4.99. The van der Waals surface area contributed by atoms with E-state index in [-0.39, 0.29) is 34.4 Å². The van der Waals surface area contributed by atoms with Crippen LogP contribution in [0.2, 0.25) is 0 Å². The van der Waals surface area contributed by atoms with Crippen molar-refractivity contribution in [2.24, 2.45) is 0 Å².